The Morgan fingerprint density at radius 1 is 1.54 bits per heavy atom. The van der Waals surface area contributed by atoms with Crippen LogP contribution in [0.1, 0.15) is 18.1 Å². The molecule has 1 aromatic rings. The van der Waals surface area contributed by atoms with Crippen LogP contribution in [0.4, 0.5) is 5.69 Å². The van der Waals surface area contributed by atoms with Crippen molar-refractivity contribution in [2.24, 2.45) is 0 Å². The summed E-state index contributed by atoms with van der Waals surface area (Å²) in [5.74, 6) is 0. The van der Waals surface area contributed by atoms with E-state index in [9.17, 15) is 5.11 Å². The standard InChI is InChI=1S/C11H15NO/c1-8(13)6-9-2-3-10-4-5-12-11(10)7-9/h2-3,7-8,12-13H,4-6H2,1H3. The summed E-state index contributed by atoms with van der Waals surface area (Å²) >= 11 is 0. The van der Waals surface area contributed by atoms with Gasteiger partial charge >= 0.3 is 0 Å². The molecule has 0 radical (unpaired) electrons. The molecule has 2 heteroatoms. The van der Waals surface area contributed by atoms with Crippen molar-refractivity contribution in [2.75, 3.05) is 11.9 Å². The molecule has 1 aliphatic rings. The van der Waals surface area contributed by atoms with Crippen LogP contribution < -0.4 is 5.32 Å². The lowest BCUT2D eigenvalue weighted by Gasteiger charge is -2.06. The summed E-state index contributed by atoms with van der Waals surface area (Å²) < 4.78 is 0. The third-order valence-electron chi connectivity index (χ3n) is 2.42. The zero-order chi connectivity index (χ0) is 9.26. The van der Waals surface area contributed by atoms with Crippen LogP contribution in [0.25, 0.3) is 0 Å². The highest BCUT2D eigenvalue weighted by atomic mass is 16.3. The molecule has 2 N–H and O–H groups in total. The number of rotatable bonds is 2. The number of aliphatic hydroxyl groups is 1. The first-order valence-corrected chi connectivity index (χ1v) is 4.79. The first-order chi connectivity index (χ1) is 6.25. The fraction of sp³-hybridized carbons (Fsp3) is 0.455. The minimum absolute atomic E-state index is 0.251. The second kappa shape index (κ2) is 3.38. The van der Waals surface area contributed by atoms with E-state index in [1.807, 2.05) is 6.92 Å². The van der Waals surface area contributed by atoms with Gasteiger partial charge in [-0.1, -0.05) is 12.1 Å². The van der Waals surface area contributed by atoms with Gasteiger partial charge in [0.2, 0.25) is 0 Å². The number of aliphatic hydroxyl groups excluding tert-OH is 1. The van der Waals surface area contributed by atoms with Gasteiger partial charge in [-0.05, 0) is 37.0 Å². The molecular formula is C11H15NO. The van der Waals surface area contributed by atoms with Crippen molar-refractivity contribution in [1.29, 1.82) is 0 Å². The molecule has 1 heterocycles. The van der Waals surface area contributed by atoms with Crippen molar-refractivity contribution in [3.05, 3.63) is 29.3 Å². The van der Waals surface area contributed by atoms with Crippen LogP contribution in [-0.4, -0.2) is 17.8 Å². The zero-order valence-electron chi connectivity index (χ0n) is 7.88. The van der Waals surface area contributed by atoms with Gasteiger partial charge in [-0.15, -0.1) is 0 Å². The maximum absolute atomic E-state index is 9.23. The van der Waals surface area contributed by atoms with Crippen LogP contribution in [0.3, 0.4) is 0 Å². The predicted molar refractivity (Wildman–Crippen MR) is 54.0 cm³/mol. The van der Waals surface area contributed by atoms with Crippen LogP contribution in [0.2, 0.25) is 0 Å². The summed E-state index contributed by atoms with van der Waals surface area (Å²) in [4.78, 5) is 0. The van der Waals surface area contributed by atoms with E-state index in [-0.39, 0.29) is 6.10 Å². The molecule has 13 heavy (non-hydrogen) atoms. The Kier molecular flexibility index (Phi) is 2.23. The molecule has 2 nitrogen and oxygen atoms in total. The predicted octanol–water partition coefficient (Wildman–Crippen LogP) is 1.58. The number of fused-ring (bicyclic) bond motifs is 1. The lowest BCUT2D eigenvalue weighted by Crippen LogP contribution is -2.04. The van der Waals surface area contributed by atoms with Gasteiger partial charge < -0.3 is 10.4 Å². The average Bonchev–Trinajstić information content (AvgIpc) is 2.49. The van der Waals surface area contributed by atoms with Gasteiger partial charge in [0.15, 0.2) is 0 Å². The Hall–Kier alpha value is -1.02. The Bertz CT molecular complexity index is 307. The maximum Gasteiger partial charge on any atom is 0.0552 e. The van der Waals surface area contributed by atoms with E-state index in [4.69, 9.17) is 0 Å². The molecule has 0 aliphatic carbocycles. The van der Waals surface area contributed by atoms with E-state index < -0.39 is 0 Å². The van der Waals surface area contributed by atoms with Crippen LogP contribution in [0, 0.1) is 0 Å². The molecule has 0 saturated heterocycles. The summed E-state index contributed by atoms with van der Waals surface area (Å²) in [7, 11) is 0. The van der Waals surface area contributed by atoms with Gasteiger partial charge in [0, 0.05) is 12.2 Å². The Morgan fingerprint density at radius 3 is 3.15 bits per heavy atom. The zero-order valence-corrected chi connectivity index (χ0v) is 7.88. The van der Waals surface area contributed by atoms with Crippen molar-refractivity contribution < 1.29 is 5.11 Å². The molecule has 0 amide bonds. The summed E-state index contributed by atoms with van der Waals surface area (Å²) in [5.41, 5.74) is 3.86. The Morgan fingerprint density at radius 2 is 2.38 bits per heavy atom. The minimum Gasteiger partial charge on any atom is -0.393 e. The quantitative estimate of drug-likeness (QED) is 0.718. The van der Waals surface area contributed by atoms with Crippen molar-refractivity contribution in [1.82, 2.24) is 0 Å². The van der Waals surface area contributed by atoms with E-state index in [0.29, 0.717) is 0 Å². The lowest BCUT2D eigenvalue weighted by molar-refractivity contribution is 0.195. The molecule has 0 spiro atoms. The first-order valence-electron chi connectivity index (χ1n) is 4.79. The molecule has 1 atom stereocenters. The molecule has 2 rings (SSSR count). The third kappa shape index (κ3) is 1.83. The van der Waals surface area contributed by atoms with Crippen molar-refractivity contribution >= 4 is 5.69 Å². The lowest BCUT2D eigenvalue weighted by atomic mass is 10.0. The van der Waals surface area contributed by atoms with Crippen LogP contribution in [0.15, 0.2) is 18.2 Å². The fourth-order valence-electron chi connectivity index (χ4n) is 1.81. The van der Waals surface area contributed by atoms with Crippen molar-refractivity contribution in [2.45, 2.75) is 25.9 Å². The molecule has 1 unspecified atom stereocenters. The number of nitrogens with one attached hydrogen (secondary N) is 1. The van der Waals surface area contributed by atoms with E-state index in [2.05, 4.69) is 23.5 Å². The van der Waals surface area contributed by atoms with E-state index >= 15 is 0 Å². The molecule has 0 saturated carbocycles. The molecule has 1 aliphatic heterocycles. The topological polar surface area (TPSA) is 32.3 Å². The normalized spacial score (nSPS) is 16.5. The molecule has 0 aromatic heterocycles. The van der Waals surface area contributed by atoms with Gasteiger partial charge in [0.25, 0.3) is 0 Å². The SMILES string of the molecule is CC(O)Cc1ccc2c(c1)NCC2. The summed E-state index contributed by atoms with van der Waals surface area (Å²) in [6.45, 7) is 2.87. The van der Waals surface area contributed by atoms with Gasteiger partial charge in [-0.3, -0.25) is 0 Å². The van der Waals surface area contributed by atoms with Crippen LogP contribution in [-0.2, 0) is 12.8 Å². The largest absolute Gasteiger partial charge is 0.393 e. The molecule has 70 valence electrons. The van der Waals surface area contributed by atoms with E-state index in [1.54, 1.807) is 0 Å². The minimum atomic E-state index is -0.251. The molecular weight excluding hydrogens is 162 g/mol. The Labute approximate surface area is 78.6 Å². The van der Waals surface area contributed by atoms with E-state index in [0.717, 1.165) is 19.4 Å². The number of hydrogen-bond acceptors (Lipinski definition) is 2. The summed E-state index contributed by atoms with van der Waals surface area (Å²) in [6, 6.07) is 6.42. The molecule has 0 bridgehead atoms. The smallest absolute Gasteiger partial charge is 0.0552 e. The number of anilines is 1. The van der Waals surface area contributed by atoms with Crippen molar-refractivity contribution in [3.63, 3.8) is 0 Å². The monoisotopic (exact) mass is 177 g/mol. The second-order valence-electron chi connectivity index (χ2n) is 3.72. The third-order valence-corrected chi connectivity index (χ3v) is 2.42. The molecule has 1 aromatic carbocycles. The second-order valence-corrected chi connectivity index (χ2v) is 3.72. The highest BCUT2D eigenvalue weighted by Gasteiger charge is 2.10. The van der Waals surface area contributed by atoms with E-state index in [1.165, 1.54) is 16.8 Å². The fourth-order valence-corrected chi connectivity index (χ4v) is 1.81. The number of hydrogen-bond donors (Lipinski definition) is 2. The summed E-state index contributed by atoms with van der Waals surface area (Å²) in [6.07, 6.45) is 1.62. The Balaban J connectivity index is 2.21. The highest BCUT2D eigenvalue weighted by molar-refractivity contribution is 5.57. The van der Waals surface area contributed by atoms with Crippen LogP contribution >= 0.6 is 0 Å². The number of benzene rings is 1. The first kappa shape index (κ1) is 8.57. The average molecular weight is 177 g/mol. The highest BCUT2D eigenvalue weighted by Crippen LogP contribution is 2.23. The van der Waals surface area contributed by atoms with Gasteiger partial charge in [-0.2, -0.15) is 0 Å². The van der Waals surface area contributed by atoms with Gasteiger partial charge in [0.1, 0.15) is 0 Å². The summed E-state index contributed by atoms with van der Waals surface area (Å²) in [5, 5.41) is 12.6. The van der Waals surface area contributed by atoms with Crippen LogP contribution in [0.5, 0.6) is 0 Å². The van der Waals surface area contributed by atoms with Gasteiger partial charge in [0.05, 0.1) is 6.10 Å². The maximum atomic E-state index is 9.23. The van der Waals surface area contributed by atoms with Crippen molar-refractivity contribution in [3.8, 4) is 0 Å². The molecule has 0 fully saturated rings. The van der Waals surface area contributed by atoms with Gasteiger partial charge in [-0.25, -0.2) is 0 Å².